The Morgan fingerprint density at radius 3 is 2.69 bits per heavy atom. The Kier molecular flexibility index (Phi) is 5.43. The minimum Gasteiger partial charge on any atom is -0.351 e. The number of amides is 1. The lowest BCUT2D eigenvalue weighted by atomic mass is 10.1. The zero-order chi connectivity index (χ0) is 18.7. The van der Waals surface area contributed by atoms with E-state index in [9.17, 15) is 13.2 Å². The molecule has 0 saturated carbocycles. The van der Waals surface area contributed by atoms with Crippen molar-refractivity contribution in [2.24, 2.45) is 0 Å². The van der Waals surface area contributed by atoms with E-state index < -0.39 is 9.84 Å². The Balaban J connectivity index is 1.90. The van der Waals surface area contributed by atoms with Crippen LogP contribution < -0.4 is 5.32 Å². The second kappa shape index (κ2) is 7.59. The molecule has 7 nitrogen and oxygen atoms in total. The van der Waals surface area contributed by atoms with Crippen molar-refractivity contribution in [3.63, 3.8) is 0 Å². The Morgan fingerprint density at radius 2 is 2.00 bits per heavy atom. The molecule has 0 saturated heterocycles. The second-order valence-electron chi connectivity index (χ2n) is 6.78. The van der Waals surface area contributed by atoms with E-state index in [1.54, 1.807) is 4.68 Å². The van der Waals surface area contributed by atoms with Gasteiger partial charge in [0.25, 0.3) is 5.91 Å². The van der Waals surface area contributed by atoms with Crippen LogP contribution in [0.25, 0.3) is 5.69 Å². The number of hydrogen-bond acceptors (Lipinski definition) is 5. The quantitative estimate of drug-likeness (QED) is 0.761. The number of nitrogens with one attached hydrogen (secondary N) is 1. The van der Waals surface area contributed by atoms with Gasteiger partial charge < -0.3 is 10.2 Å². The molecule has 0 aliphatic carbocycles. The normalized spacial score (nSPS) is 15.7. The fourth-order valence-electron chi connectivity index (χ4n) is 3.08. The minimum absolute atomic E-state index is 0.0857. The van der Waals surface area contributed by atoms with Crippen LogP contribution in [0.15, 0.2) is 30.3 Å². The van der Waals surface area contributed by atoms with Gasteiger partial charge in [-0.25, -0.2) is 13.1 Å². The zero-order valence-corrected chi connectivity index (χ0v) is 15.9. The van der Waals surface area contributed by atoms with Crippen molar-refractivity contribution >= 4 is 15.7 Å². The predicted molar refractivity (Wildman–Crippen MR) is 100 cm³/mol. The molecule has 2 aromatic rings. The molecule has 26 heavy (non-hydrogen) atoms. The molecule has 0 spiro atoms. The maximum Gasteiger partial charge on any atom is 0.272 e. The molecule has 1 amide bonds. The third-order valence-electron chi connectivity index (χ3n) is 4.39. The van der Waals surface area contributed by atoms with Crippen molar-refractivity contribution in [2.45, 2.75) is 18.6 Å². The summed E-state index contributed by atoms with van der Waals surface area (Å²) in [5.74, 6) is -0.357. The third kappa shape index (κ3) is 4.13. The zero-order valence-electron chi connectivity index (χ0n) is 15.1. The lowest BCUT2D eigenvalue weighted by Crippen LogP contribution is -2.29. The molecular formula is C18H24N4O3S. The van der Waals surface area contributed by atoms with E-state index in [0.29, 0.717) is 18.5 Å². The van der Waals surface area contributed by atoms with Gasteiger partial charge in [-0.05, 0) is 39.2 Å². The number of benzene rings is 1. The molecule has 8 heteroatoms. The number of hydrogen-bond donors (Lipinski definition) is 1. The number of para-hydroxylation sites is 1. The SMILES string of the molecule is CN(C)CCCNC(=O)c1nn(-c2ccccc2)c2c1CS(=O)(=O)CC2. The molecule has 1 aliphatic rings. The van der Waals surface area contributed by atoms with E-state index in [1.807, 2.05) is 49.3 Å². The summed E-state index contributed by atoms with van der Waals surface area (Å²) < 4.78 is 25.9. The number of rotatable bonds is 6. The first kappa shape index (κ1) is 18.6. The van der Waals surface area contributed by atoms with Crippen LogP contribution in [0.1, 0.15) is 28.2 Å². The van der Waals surface area contributed by atoms with Gasteiger partial charge in [-0.2, -0.15) is 5.10 Å². The first-order valence-corrected chi connectivity index (χ1v) is 10.5. The summed E-state index contributed by atoms with van der Waals surface area (Å²) in [7, 11) is 0.756. The number of aromatic nitrogens is 2. The Morgan fingerprint density at radius 1 is 1.27 bits per heavy atom. The second-order valence-corrected chi connectivity index (χ2v) is 8.96. The largest absolute Gasteiger partial charge is 0.351 e. The molecule has 0 bridgehead atoms. The van der Waals surface area contributed by atoms with Crippen molar-refractivity contribution in [2.75, 3.05) is 32.9 Å². The highest BCUT2D eigenvalue weighted by atomic mass is 32.2. The Labute approximate surface area is 153 Å². The molecule has 1 aromatic carbocycles. The van der Waals surface area contributed by atoms with E-state index in [-0.39, 0.29) is 23.1 Å². The van der Waals surface area contributed by atoms with Crippen LogP contribution in [0.4, 0.5) is 0 Å². The van der Waals surface area contributed by atoms with Crippen molar-refractivity contribution in [1.29, 1.82) is 0 Å². The number of nitrogens with zero attached hydrogens (tertiary/aromatic N) is 3. The summed E-state index contributed by atoms with van der Waals surface area (Å²) in [6.07, 6.45) is 1.19. The number of sulfone groups is 1. The molecule has 3 rings (SSSR count). The number of fused-ring (bicyclic) bond motifs is 1. The van der Waals surface area contributed by atoms with Gasteiger partial charge in [0.15, 0.2) is 15.5 Å². The van der Waals surface area contributed by atoms with E-state index in [2.05, 4.69) is 10.4 Å². The van der Waals surface area contributed by atoms with Crippen molar-refractivity contribution < 1.29 is 13.2 Å². The van der Waals surface area contributed by atoms with Crippen molar-refractivity contribution in [1.82, 2.24) is 20.0 Å². The summed E-state index contributed by atoms with van der Waals surface area (Å²) in [5.41, 5.74) is 2.39. The van der Waals surface area contributed by atoms with Gasteiger partial charge in [-0.15, -0.1) is 0 Å². The van der Waals surface area contributed by atoms with Gasteiger partial charge in [0.05, 0.1) is 22.9 Å². The number of carbonyl (C=O) groups is 1. The van der Waals surface area contributed by atoms with Gasteiger partial charge >= 0.3 is 0 Å². The van der Waals surface area contributed by atoms with Gasteiger partial charge in [0.2, 0.25) is 0 Å². The summed E-state index contributed by atoms with van der Waals surface area (Å²) in [5, 5.41) is 7.33. The van der Waals surface area contributed by atoms with Gasteiger partial charge in [0, 0.05) is 18.5 Å². The van der Waals surface area contributed by atoms with Gasteiger partial charge in [0.1, 0.15) is 0 Å². The van der Waals surface area contributed by atoms with Gasteiger partial charge in [-0.3, -0.25) is 4.79 Å². The maximum absolute atomic E-state index is 12.6. The lowest BCUT2D eigenvalue weighted by Gasteiger charge is -2.15. The van der Waals surface area contributed by atoms with Crippen LogP contribution in [-0.4, -0.2) is 61.9 Å². The number of carbonyl (C=O) groups excluding carboxylic acids is 1. The fourth-order valence-corrected chi connectivity index (χ4v) is 4.48. The highest BCUT2D eigenvalue weighted by Crippen LogP contribution is 2.26. The molecule has 0 unspecified atom stereocenters. The van der Waals surface area contributed by atoms with Crippen LogP contribution >= 0.6 is 0 Å². The van der Waals surface area contributed by atoms with Crippen LogP contribution in [0.3, 0.4) is 0 Å². The lowest BCUT2D eigenvalue weighted by molar-refractivity contribution is 0.0946. The first-order valence-electron chi connectivity index (χ1n) is 8.67. The topological polar surface area (TPSA) is 84.3 Å². The standard InChI is InChI=1S/C18H24N4O3S/c1-21(2)11-6-10-19-18(23)17-15-13-26(24,25)12-9-16(15)22(20-17)14-7-4-3-5-8-14/h3-5,7-8H,6,9-13H2,1-2H3,(H,19,23). The van der Waals surface area contributed by atoms with Crippen LogP contribution in [0.5, 0.6) is 0 Å². The highest BCUT2D eigenvalue weighted by Gasteiger charge is 2.31. The minimum atomic E-state index is -3.20. The van der Waals surface area contributed by atoms with Gasteiger partial charge in [-0.1, -0.05) is 18.2 Å². The Hall–Kier alpha value is -2.19. The van der Waals surface area contributed by atoms with Crippen LogP contribution in [0.2, 0.25) is 0 Å². The molecule has 2 heterocycles. The Bertz CT molecular complexity index is 889. The smallest absolute Gasteiger partial charge is 0.272 e. The van der Waals surface area contributed by atoms with E-state index in [4.69, 9.17) is 0 Å². The summed E-state index contributed by atoms with van der Waals surface area (Å²) in [6, 6.07) is 9.49. The fraction of sp³-hybridized carbons (Fsp3) is 0.444. The summed E-state index contributed by atoms with van der Waals surface area (Å²) in [6.45, 7) is 1.39. The highest BCUT2D eigenvalue weighted by molar-refractivity contribution is 7.90. The van der Waals surface area contributed by atoms with E-state index >= 15 is 0 Å². The summed E-state index contributed by atoms with van der Waals surface area (Å²) >= 11 is 0. The van der Waals surface area contributed by atoms with Crippen LogP contribution in [0, 0.1) is 0 Å². The summed E-state index contributed by atoms with van der Waals surface area (Å²) in [4.78, 5) is 14.7. The predicted octanol–water partition coefficient (Wildman–Crippen LogP) is 1.02. The first-order chi connectivity index (χ1) is 12.4. The average molecular weight is 376 g/mol. The molecule has 0 fully saturated rings. The monoisotopic (exact) mass is 376 g/mol. The van der Waals surface area contributed by atoms with Crippen molar-refractivity contribution in [3.8, 4) is 5.69 Å². The average Bonchev–Trinajstić information content (AvgIpc) is 2.96. The molecular weight excluding hydrogens is 352 g/mol. The molecule has 1 aromatic heterocycles. The van der Waals surface area contributed by atoms with E-state index in [0.717, 1.165) is 24.3 Å². The molecule has 1 N–H and O–H groups in total. The maximum atomic E-state index is 12.6. The van der Waals surface area contributed by atoms with Crippen molar-refractivity contribution in [3.05, 3.63) is 47.3 Å². The third-order valence-corrected chi connectivity index (χ3v) is 5.94. The molecule has 0 radical (unpaired) electrons. The van der Waals surface area contributed by atoms with Crippen LogP contribution in [-0.2, 0) is 22.0 Å². The molecule has 140 valence electrons. The molecule has 1 aliphatic heterocycles. The molecule has 0 atom stereocenters. The van der Waals surface area contributed by atoms with E-state index in [1.165, 1.54) is 0 Å².